The molecule has 2 amide bonds. The van der Waals surface area contributed by atoms with Crippen LogP contribution in [-0.4, -0.2) is 29.3 Å². The van der Waals surface area contributed by atoms with Crippen LogP contribution in [0.3, 0.4) is 0 Å². The van der Waals surface area contributed by atoms with E-state index in [1.165, 1.54) is 0 Å². The average molecular weight is 288 g/mol. The van der Waals surface area contributed by atoms with Gasteiger partial charge >= 0.3 is 0 Å². The molecule has 1 saturated heterocycles. The number of carbonyl (C=O) groups excluding carboxylic acids is 2. The number of likely N-dealkylation sites (tertiary alicyclic amines) is 1. The van der Waals surface area contributed by atoms with Crippen molar-refractivity contribution in [3.05, 3.63) is 35.4 Å². The molecule has 4 heteroatoms. The number of carbonyl (C=O) groups is 2. The molecule has 1 aromatic rings. The van der Waals surface area contributed by atoms with Crippen molar-refractivity contribution in [2.24, 2.45) is 0 Å². The first-order chi connectivity index (χ1) is 10.1. The quantitative estimate of drug-likeness (QED) is 0.875. The highest BCUT2D eigenvalue weighted by molar-refractivity contribution is 5.94. The average Bonchev–Trinajstić information content (AvgIpc) is 2.90. The van der Waals surface area contributed by atoms with Gasteiger partial charge in [0.1, 0.15) is 0 Å². The van der Waals surface area contributed by atoms with E-state index in [1.807, 2.05) is 29.2 Å². The Hall–Kier alpha value is -1.84. The smallest absolute Gasteiger partial charge is 0.251 e. The van der Waals surface area contributed by atoms with Gasteiger partial charge in [-0.15, -0.1) is 0 Å². The van der Waals surface area contributed by atoms with E-state index in [0.29, 0.717) is 18.5 Å². The second-order valence-corrected chi connectivity index (χ2v) is 5.61. The monoisotopic (exact) mass is 288 g/mol. The van der Waals surface area contributed by atoms with Crippen molar-refractivity contribution in [2.75, 3.05) is 6.54 Å². The zero-order valence-electron chi connectivity index (χ0n) is 12.9. The van der Waals surface area contributed by atoms with Crippen LogP contribution in [0.1, 0.15) is 55.5 Å². The molecule has 0 aliphatic carbocycles. The van der Waals surface area contributed by atoms with Crippen molar-refractivity contribution < 1.29 is 9.59 Å². The van der Waals surface area contributed by atoms with Gasteiger partial charge in [-0.1, -0.05) is 26.0 Å². The van der Waals surface area contributed by atoms with Gasteiger partial charge in [-0.25, -0.2) is 0 Å². The molecule has 0 atom stereocenters. The molecule has 1 aromatic carbocycles. The number of amides is 2. The van der Waals surface area contributed by atoms with Crippen LogP contribution in [0.4, 0.5) is 0 Å². The van der Waals surface area contributed by atoms with Gasteiger partial charge in [-0.2, -0.15) is 0 Å². The van der Waals surface area contributed by atoms with E-state index in [2.05, 4.69) is 19.2 Å². The molecule has 0 spiro atoms. The lowest BCUT2D eigenvalue weighted by Crippen LogP contribution is -2.33. The number of hydrogen-bond donors (Lipinski definition) is 1. The van der Waals surface area contributed by atoms with E-state index in [0.717, 1.165) is 31.4 Å². The fourth-order valence-corrected chi connectivity index (χ4v) is 2.66. The molecule has 1 aliphatic heterocycles. The number of nitrogens with one attached hydrogen (secondary N) is 1. The van der Waals surface area contributed by atoms with Crippen molar-refractivity contribution in [3.63, 3.8) is 0 Å². The molecule has 1 N–H and O–H groups in total. The van der Waals surface area contributed by atoms with E-state index in [-0.39, 0.29) is 17.9 Å². The van der Waals surface area contributed by atoms with Gasteiger partial charge in [-0.05, 0) is 37.0 Å². The fraction of sp³-hybridized carbons (Fsp3) is 0.529. The molecule has 1 aliphatic rings. The van der Waals surface area contributed by atoms with Crippen molar-refractivity contribution in [3.8, 4) is 0 Å². The third kappa shape index (κ3) is 4.06. The molecule has 0 aromatic heterocycles. The van der Waals surface area contributed by atoms with Crippen LogP contribution in [-0.2, 0) is 11.3 Å². The van der Waals surface area contributed by atoms with E-state index in [9.17, 15) is 9.59 Å². The SMILES string of the molecule is CCC(CC)NC(=O)c1cccc(CN2CCCC2=O)c1. The summed E-state index contributed by atoms with van der Waals surface area (Å²) in [7, 11) is 0. The Kier molecular flexibility index (Phi) is 5.37. The minimum absolute atomic E-state index is 0.0294. The van der Waals surface area contributed by atoms with Crippen molar-refractivity contribution in [2.45, 2.75) is 52.1 Å². The predicted octanol–water partition coefficient (Wildman–Crippen LogP) is 2.73. The first kappa shape index (κ1) is 15.5. The molecule has 0 saturated carbocycles. The molecule has 21 heavy (non-hydrogen) atoms. The predicted molar refractivity (Wildman–Crippen MR) is 82.9 cm³/mol. The molecule has 4 nitrogen and oxygen atoms in total. The van der Waals surface area contributed by atoms with Crippen LogP contribution in [0.25, 0.3) is 0 Å². The summed E-state index contributed by atoms with van der Waals surface area (Å²) in [6, 6.07) is 7.80. The van der Waals surface area contributed by atoms with Gasteiger partial charge in [-0.3, -0.25) is 9.59 Å². The Morgan fingerprint density at radius 1 is 1.33 bits per heavy atom. The zero-order valence-corrected chi connectivity index (χ0v) is 12.9. The highest BCUT2D eigenvalue weighted by Crippen LogP contribution is 2.15. The largest absolute Gasteiger partial charge is 0.349 e. The van der Waals surface area contributed by atoms with E-state index >= 15 is 0 Å². The third-order valence-corrected chi connectivity index (χ3v) is 4.05. The van der Waals surface area contributed by atoms with Gasteiger partial charge in [0.25, 0.3) is 5.91 Å². The highest BCUT2D eigenvalue weighted by atomic mass is 16.2. The molecule has 0 unspecified atom stereocenters. The molecular formula is C17H24N2O2. The number of nitrogens with zero attached hydrogens (tertiary/aromatic N) is 1. The van der Waals surface area contributed by atoms with Gasteiger partial charge in [0.05, 0.1) is 0 Å². The Labute approximate surface area is 126 Å². The van der Waals surface area contributed by atoms with Crippen molar-refractivity contribution >= 4 is 11.8 Å². The number of hydrogen-bond acceptors (Lipinski definition) is 2. The number of rotatable bonds is 6. The summed E-state index contributed by atoms with van der Waals surface area (Å²) in [4.78, 5) is 25.8. The Morgan fingerprint density at radius 3 is 2.71 bits per heavy atom. The third-order valence-electron chi connectivity index (χ3n) is 4.05. The lowest BCUT2D eigenvalue weighted by molar-refractivity contribution is -0.128. The zero-order chi connectivity index (χ0) is 15.2. The van der Waals surface area contributed by atoms with Crippen LogP contribution >= 0.6 is 0 Å². The van der Waals surface area contributed by atoms with E-state index in [4.69, 9.17) is 0 Å². The molecular weight excluding hydrogens is 264 g/mol. The minimum Gasteiger partial charge on any atom is -0.349 e. The standard InChI is InChI=1S/C17H24N2O2/c1-3-15(4-2)18-17(21)14-8-5-7-13(11-14)12-19-10-6-9-16(19)20/h5,7-8,11,15H,3-4,6,9-10,12H2,1-2H3,(H,18,21). The molecule has 1 heterocycles. The lowest BCUT2D eigenvalue weighted by Gasteiger charge is -2.17. The molecule has 1 fully saturated rings. The summed E-state index contributed by atoms with van der Waals surface area (Å²) in [5, 5.41) is 3.04. The van der Waals surface area contributed by atoms with Crippen LogP contribution in [0, 0.1) is 0 Å². The second kappa shape index (κ2) is 7.25. The Balaban J connectivity index is 2.03. The maximum Gasteiger partial charge on any atom is 0.251 e. The number of benzene rings is 1. The molecule has 114 valence electrons. The molecule has 0 radical (unpaired) electrons. The van der Waals surface area contributed by atoms with Gasteiger partial charge in [0, 0.05) is 31.1 Å². The van der Waals surface area contributed by atoms with Crippen LogP contribution in [0.5, 0.6) is 0 Å². The fourth-order valence-electron chi connectivity index (χ4n) is 2.66. The second-order valence-electron chi connectivity index (χ2n) is 5.61. The van der Waals surface area contributed by atoms with Crippen LogP contribution < -0.4 is 5.32 Å². The van der Waals surface area contributed by atoms with E-state index in [1.54, 1.807) is 0 Å². The van der Waals surface area contributed by atoms with Gasteiger partial charge in [0.2, 0.25) is 5.91 Å². The maximum absolute atomic E-state index is 12.2. The summed E-state index contributed by atoms with van der Waals surface area (Å²) >= 11 is 0. The first-order valence-corrected chi connectivity index (χ1v) is 7.81. The Bertz CT molecular complexity index is 509. The van der Waals surface area contributed by atoms with Gasteiger partial charge in [0.15, 0.2) is 0 Å². The maximum atomic E-state index is 12.2. The summed E-state index contributed by atoms with van der Waals surface area (Å²) in [5.74, 6) is 0.181. The topological polar surface area (TPSA) is 49.4 Å². The highest BCUT2D eigenvalue weighted by Gasteiger charge is 2.20. The van der Waals surface area contributed by atoms with Gasteiger partial charge < -0.3 is 10.2 Å². The van der Waals surface area contributed by atoms with Crippen molar-refractivity contribution in [1.29, 1.82) is 0 Å². The summed E-state index contributed by atoms with van der Waals surface area (Å²) in [6.45, 7) is 5.57. The molecule has 2 rings (SSSR count). The molecule has 0 bridgehead atoms. The lowest BCUT2D eigenvalue weighted by atomic mass is 10.1. The summed E-state index contributed by atoms with van der Waals surface area (Å²) in [5.41, 5.74) is 1.69. The van der Waals surface area contributed by atoms with Crippen LogP contribution in [0.15, 0.2) is 24.3 Å². The Morgan fingerprint density at radius 2 is 2.10 bits per heavy atom. The van der Waals surface area contributed by atoms with E-state index < -0.39 is 0 Å². The van der Waals surface area contributed by atoms with Crippen molar-refractivity contribution in [1.82, 2.24) is 10.2 Å². The summed E-state index contributed by atoms with van der Waals surface area (Å²) < 4.78 is 0. The first-order valence-electron chi connectivity index (χ1n) is 7.81. The van der Waals surface area contributed by atoms with Crippen LogP contribution in [0.2, 0.25) is 0 Å². The summed E-state index contributed by atoms with van der Waals surface area (Å²) in [6.07, 6.45) is 3.46. The normalized spacial score (nSPS) is 14.8. The minimum atomic E-state index is -0.0294.